The van der Waals surface area contributed by atoms with Crippen LogP contribution in [-0.4, -0.2) is 42.2 Å². The highest BCUT2D eigenvalue weighted by atomic mass is 15.2. The van der Waals surface area contributed by atoms with Crippen molar-refractivity contribution in [1.29, 1.82) is 0 Å². The number of hydrogen-bond acceptors (Lipinski definition) is 3. The van der Waals surface area contributed by atoms with Gasteiger partial charge in [-0.25, -0.2) is 0 Å². The normalized spacial score (nSPS) is 13.5. The SMILES string of the molecule is CC(C)(C)NCCN(CCCN)C(C)(C)C. The molecule has 0 fully saturated rings. The molecule has 98 valence electrons. The third kappa shape index (κ3) is 8.08. The van der Waals surface area contributed by atoms with Crippen LogP contribution >= 0.6 is 0 Å². The highest BCUT2D eigenvalue weighted by Crippen LogP contribution is 2.12. The molecular formula is C13H31N3. The minimum atomic E-state index is 0.206. The van der Waals surface area contributed by atoms with Crippen LogP contribution in [-0.2, 0) is 0 Å². The fourth-order valence-electron chi connectivity index (χ4n) is 1.63. The van der Waals surface area contributed by atoms with E-state index in [-0.39, 0.29) is 11.1 Å². The molecule has 0 aliphatic rings. The Kier molecular flexibility index (Phi) is 6.53. The average molecular weight is 229 g/mol. The molecule has 0 atom stereocenters. The maximum atomic E-state index is 5.58. The summed E-state index contributed by atoms with van der Waals surface area (Å²) in [6.07, 6.45) is 1.08. The Balaban J connectivity index is 4.03. The summed E-state index contributed by atoms with van der Waals surface area (Å²) < 4.78 is 0. The molecule has 0 aromatic heterocycles. The molecule has 0 saturated heterocycles. The molecule has 3 N–H and O–H groups in total. The summed E-state index contributed by atoms with van der Waals surface area (Å²) in [6.45, 7) is 17.4. The van der Waals surface area contributed by atoms with Gasteiger partial charge in [-0.2, -0.15) is 0 Å². The van der Waals surface area contributed by atoms with Crippen LogP contribution < -0.4 is 11.1 Å². The van der Waals surface area contributed by atoms with Gasteiger partial charge in [0.15, 0.2) is 0 Å². The monoisotopic (exact) mass is 229 g/mol. The van der Waals surface area contributed by atoms with Crippen molar-refractivity contribution in [3.05, 3.63) is 0 Å². The van der Waals surface area contributed by atoms with Gasteiger partial charge in [0.05, 0.1) is 0 Å². The van der Waals surface area contributed by atoms with Gasteiger partial charge in [0.1, 0.15) is 0 Å². The zero-order valence-electron chi connectivity index (χ0n) is 12.1. The fraction of sp³-hybridized carbons (Fsp3) is 1.00. The summed E-state index contributed by atoms with van der Waals surface area (Å²) in [5.74, 6) is 0. The topological polar surface area (TPSA) is 41.3 Å². The Hall–Kier alpha value is -0.120. The van der Waals surface area contributed by atoms with E-state index in [9.17, 15) is 0 Å². The first kappa shape index (κ1) is 15.9. The smallest absolute Gasteiger partial charge is 0.0125 e. The standard InChI is InChI=1S/C13H31N3/c1-12(2,3)15-9-11-16(10-7-8-14)13(4,5)6/h15H,7-11,14H2,1-6H3. The Morgan fingerprint density at radius 1 is 1.00 bits per heavy atom. The summed E-state index contributed by atoms with van der Waals surface area (Å²) in [5.41, 5.74) is 6.01. The molecule has 16 heavy (non-hydrogen) atoms. The van der Waals surface area contributed by atoms with Gasteiger partial charge >= 0.3 is 0 Å². The quantitative estimate of drug-likeness (QED) is 0.730. The van der Waals surface area contributed by atoms with Crippen LogP contribution in [0.2, 0.25) is 0 Å². The first-order valence-electron chi connectivity index (χ1n) is 6.37. The van der Waals surface area contributed by atoms with E-state index in [1.165, 1.54) is 0 Å². The lowest BCUT2D eigenvalue weighted by atomic mass is 10.1. The Bertz CT molecular complexity index is 177. The molecule has 0 unspecified atom stereocenters. The summed E-state index contributed by atoms with van der Waals surface area (Å²) in [6, 6.07) is 0. The van der Waals surface area contributed by atoms with Gasteiger partial charge in [0, 0.05) is 24.2 Å². The van der Waals surface area contributed by atoms with Crippen molar-refractivity contribution < 1.29 is 0 Å². The molecule has 0 rings (SSSR count). The second kappa shape index (κ2) is 6.58. The highest BCUT2D eigenvalue weighted by Gasteiger charge is 2.20. The van der Waals surface area contributed by atoms with Gasteiger partial charge in [0.2, 0.25) is 0 Å². The fourth-order valence-corrected chi connectivity index (χ4v) is 1.63. The summed E-state index contributed by atoms with van der Waals surface area (Å²) in [7, 11) is 0. The van der Waals surface area contributed by atoms with Crippen LogP contribution in [0, 0.1) is 0 Å². The number of hydrogen-bond donors (Lipinski definition) is 2. The maximum Gasteiger partial charge on any atom is 0.0125 e. The first-order chi connectivity index (χ1) is 7.17. The van der Waals surface area contributed by atoms with Crippen LogP contribution in [0.1, 0.15) is 48.0 Å². The third-order valence-corrected chi connectivity index (χ3v) is 2.62. The number of rotatable bonds is 6. The lowest BCUT2D eigenvalue weighted by Crippen LogP contribution is -2.48. The lowest BCUT2D eigenvalue weighted by Gasteiger charge is -2.36. The summed E-state index contributed by atoms with van der Waals surface area (Å²) >= 11 is 0. The molecule has 3 nitrogen and oxygen atoms in total. The number of nitrogens with one attached hydrogen (secondary N) is 1. The molecule has 0 spiro atoms. The molecule has 0 radical (unpaired) electrons. The summed E-state index contributed by atoms with van der Waals surface area (Å²) in [4.78, 5) is 2.50. The van der Waals surface area contributed by atoms with Gasteiger partial charge in [0.25, 0.3) is 0 Å². The van der Waals surface area contributed by atoms with Gasteiger partial charge in [-0.05, 0) is 61.1 Å². The van der Waals surface area contributed by atoms with E-state index >= 15 is 0 Å². The van der Waals surface area contributed by atoms with E-state index in [2.05, 4.69) is 51.8 Å². The summed E-state index contributed by atoms with van der Waals surface area (Å²) in [5, 5.41) is 3.53. The van der Waals surface area contributed by atoms with Gasteiger partial charge < -0.3 is 11.1 Å². The third-order valence-electron chi connectivity index (χ3n) is 2.62. The molecule has 0 saturated carbocycles. The molecule has 0 heterocycles. The van der Waals surface area contributed by atoms with E-state index in [1.807, 2.05) is 0 Å². The minimum Gasteiger partial charge on any atom is -0.330 e. The molecule has 0 aromatic rings. The van der Waals surface area contributed by atoms with Crippen molar-refractivity contribution in [3.8, 4) is 0 Å². The van der Waals surface area contributed by atoms with Crippen LogP contribution in [0.4, 0.5) is 0 Å². The number of nitrogens with zero attached hydrogens (tertiary/aromatic N) is 1. The largest absolute Gasteiger partial charge is 0.330 e. The van der Waals surface area contributed by atoms with E-state index in [0.29, 0.717) is 0 Å². The van der Waals surface area contributed by atoms with Crippen molar-refractivity contribution in [2.24, 2.45) is 5.73 Å². The average Bonchev–Trinajstić information content (AvgIpc) is 2.06. The van der Waals surface area contributed by atoms with Crippen LogP contribution in [0.5, 0.6) is 0 Å². The predicted molar refractivity (Wildman–Crippen MR) is 72.8 cm³/mol. The molecular weight excluding hydrogens is 198 g/mol. The van der Waals surface area contributed by atoms with Crippen molar-refractivity contribution in [2.45, 2.75) is 59.0 Å². The zero-order valence-corrected chi connectivity index (χ0v) is 12.1. The van der Waals surface area contributed by atoms with Crippen molar-refractivity contribution in [1.82, 2.24) is 10.2 Å². The van der Waals surface area contributed by atoms with Crippen LogP contribution in [0.15, 0.2) is 0 Å². The van der Waals surface area contributed by atoms with Crippen LogP contribution in [0.3, 0.4) is 0 Å². The Morgan fingerprint density at radius 3 is 1.94 bits per heavy atom. The Labute approximate surface area is 102 Å². The Morgan fingerprint density at radius 2 is 1.56 bits per heavy atom. The van der Waals surface area contributed by atoms with Gasteiger partial charge in [-0.1, -0.05) is 0 Å². The predicted octanol–water partition coefficient (Wildman–Crippen LogP) is 1.82. The second-order valence-electron chi connectivity index (χ2n) is 6.48. The maximum absolute atomic E-state index is 5.58. The second-order valence-corrected chi connectivity index (χ2v) is 6.48. The zero-order chi connectivity index (χ0) is 12.8. The van der Waals surface area contributed by atoms with Gasteiger partial charge in [-0.15, -0.1) is 0 Å². The van der Waals surface area contributed by atoms with E-state index < -0.39 is 0 Å². The molecule has 0 aliphatic carbocycles. The van der Waals surface area contributed by atoms with E-state index in [1.54, 1.807) is 0 Å². The molecule has 0 bridgehead atoms. The van der Waals surface area contributed by atoms with Crippen LogP contribution in [0.25, 0.3) is 0 Å². The lowest BCUT2D eigenvalue weighted by molar-refractivity contribution is 0.133. The van der Waals surface area contributed by atoms with Crippen molar-refractivity contribution in [3.63, 3.8) is 0 Å². The molecule has 3 heteroatoms. The van der Waals surface area contributed by atoms with Crippen molar-refractivity contribution >= 4 is 0 Å². The van der Waals surface area contributed by atoms with Crippen molar-refractivity contribution in [2.75, 3.05) is 26.2 Å². The molecule has 0 aromatic carbocycles. The highest BCUT2D eigenvalue weighted by molar-refractivity contribution is 4.78. The van der Waals surface area contributed by atoms with E-state index in [0.717, 1.165) is 32.6 Å². The van der Waals surface area contributed by atoms with E-state index in [4.69, 9.17) is 5.73 Å². The molecule has 0 amide bonds. The first-order valence-corrected chi connectivity index (χ1v) is 6.37. The minimum absolute atomic E-state index is 0.206. The number of nitrogens with two attached hydrogens (primary N) is 1. The van der Waals surface area contributed by atoms with Gasteiger partial charge in [-0.3, -0.25) is 4.90 Å². The molecule has 0 aliphatic heterocycles.